The van der Waals surface area contributed by atoms with E-state index in [9.17, 15) is 4.79 Å². The summed E-state index contributed by atoms with van der Waals surface area (Å²) in [6, 6.07) is 16.1. The molecular formula is C26H27N3O3S2. The summed E-state index contributed by atoms with van der Waals surface area (Å²) in [5.74, 6) is 1.35. The zero-order valence-corrected chi connectivity index (χ0v) is 21.3. The van der Waals surface area contributed by atoms with Crippen LogP contribution in [0.4, 0.5) is 0 Å². The predicted molar refractivity (Wildman–Crippen MR) is 139 cm³/mol. The van der Waals surface area contributed by atoms with Gasteiger partial charge in [-0.05, 0) is 43.5 Å². The van der Waals surface area contributed by atoms with Gasteiger partial charge in [-0.25, -0.2) is 9.97 Å². The second-order valence-electron chi connectivity index (χ2n) is 7.75. The van der Waals surface area contributed by atoms with Gasteiger partial charge in [0.25, 0.3) is 0 Å². The molecule has 1 unspecified atom stereocenters. The summed E-state index contributed by atoms with van der Waals surface area (Å²) in [5, 5.41) is 4.59. The van der Waals surface area contributed by atoms with Crippen LogP contribution in [0, 0.1) is 6.92 Å². The van der Waals surface area contributed by atoms with Crippen LogP contribution in [0.2, 0.25) is 0 Å². The first kappa shape index (κ1) is 24.0. The van der Waals surface area contributed by atoms with Crippen LogP contribution < -0.4 is 14.8 Å². The Labute approximate surface area is 207 Å². The van der Waals surface area contributed by atoms with Crippen molar-refractivity contribution >= 4 is 39.2 Å². The molecule has 0 bridgehead atoms. The van der Waals surface area contributed by atoms with Crippen molar-refractivity contribution in [1.82, 2.24) is 15.3 Å². The topological polar surface area (TPSA) is 73.3 Å². The lowest BCUT2D eigenvalue weighted by atomic mass is 10.0. The largest absolute Gasteiger partial charge is 0.493 e. The molecule has 6 nitrogen and oxygen atoms in total. The highest BCUT2D eigenvalue weighted by Gasteiger charge is 2.21. The van der Waals surface area contributed by atoms with E-state index in [1.54, 1.807) is 31.9 Å². The van der Waals surface area contributed by atoms with Gasteiger partial charge >= 0.3 is 0 Å². The Hall–Kier alpha value is -3.10. The van der Waals surface area contributed by atoms with Crippen LogP contribution in [0.1, 0.15) is 17.4 Å². The predicted octanol–water partition coefficient (Wildman–Crippen LogP) is 5.52. The molecule has 2 aromatic carbocycles. The molecule has 2 aromatic heterocycles. The van der Waals surface area contributed by atoms with Gasteiger partial charge in [0.15, 0.2) is 11.5 Å². The maximum absolute atomic E-state index is 12.8. The SMILES string of the molecule is COc1ccc(CCNC(=O)C(C)Sc2ncnc3sc(C)c(-c4ccccc4)c23)cc1OC. The molecule has 0 spiro atoms. The quantitative estimate of drug-likeness (QED) is 0.244. The number of carbonyl (C=O) groups excluding carboxylic acids is 1. The van der Waals surface area contributed by atoms with Gasteiger partial charge in [0.2, 0.25) is 5.91 Å². The minimum atomic E-state index is -0.299. The van der Waals surface area contributed by atoms with E-state index in [1.165, 1.54) is 16.6 Å². The zero-order valence-electron chi connectivity index (χ0n) is 19.6. The molecule has 176 valence electrons. The van der Waals surface area contributed by atoms with Crippen LogP contribution in [0.5, 0.6) is 11.5 Å². The number of hydrogen-bond donors (Lipinski definition) is 1. The molecule has 0 saturated carbocycles. The van der Waals surface area contributed by atoms with E-state index < -0.39 is 0 Å². The van der Waals surface area contributed by atoms with E-state index >= 15 is 0 Å². The molecule has 8 heteroatoms. The highest BCUT2D eigenvalue weighted by molar-refractivity contribution is 8.00. The number of benzene rings is 2. The van der Waals surface area contributed by atoms with Crippen LogP contribution in [0.3, 0.4) is 0 Å². The van der Waals surface area contributed by atoms with Gasteiger partial charge in [0.05, 0.1) is 24.9 Å². The molecule has 0 aliphatic rings. The van der Waals surface area contributed by atoms with E-state index in [0.29, 0.717) is 24.5 Å². The zero-order chi connectivity index (χ0) is 24.1. The van der Waals surface area contributed by atoms with Crippen molar-refractivity contribution < 1.29 is 14.3 Å². The van der Waals surface area contributed by atoms with Gasteiger partial charge < -0.3 is 14.8 Å². The molecule has 0 fully saturated rings. The van der Waals surface area contributed by atoms with E-state index in [-0.39, 0.29) is 11.2 Å². The Balaban J connectivity index is 1.45. The molecular weight excluding hydrogens is 466 g/mol. The fraction of sp³-hybridized carbons (Fsp3) is 0.269. The highest BCUT2D eigenvalue weighted by Crippen LogP contribution is 2.42. The molecule has 34 heavy (non-hydrogen) atoms. The minimum absolute atomic E-state index is 0.0227. The Kier molecular flexibility index (Phi) is 7.70. The maximum atomic E-state index is 12.8. The fourth-order valence-electron chi connectivity index (χ4n) is 3.79. The number of fused-ring (bicyclic) bond motifs is 1. The number of carbonyl (C=O) groups is 1. The fourth-order valence-corrected chi connectivity index (χ4v) is 5.82. The number of nitrogens with one attached hydrogen (secondary N) is 1. The number of nitrogens with zero attached hydrogens (tertiary/aromatic N) is 2. The maximum Gasteiger partial charge on any atom is 0.233 e. The van der Waals surface area contributed by atoms with E-state index in [0.717, 1.165) is 31.9 Å². The smallest absolute Gasteiger partial charge is 0.233 e. The third-order valence-electron chi connectivity index (χ3n) is 5.51. The van der Waals surface area contributed by atoms with Crippen molar-refractivity contribution in [2.45, 2.75) is 30.5 Å². The van der Waals surface area contributed by atoms with Crippen molar-refractivity contribution in [3.05, 3.63) is 65.3 Å². The molecule has 4 rings (SSSR count). The number of rotatable bonds is 9. The van der Waals surface area contributed by atoms with Crippen molar-refractivity contribution in [1.29, 1.82) is 0 Å². The van der Waals surface area contributed by atoms with Gasteiger partial charge in [-0.3, -0.25) is 4.79 Å². The number of aryl methyl sites for hydroxylation is 1. The molecule has 1 amide bonds. The first-order valence-corrected chi connectivity index (χ1v) is 12.7. The summed E-state index contributed by atoms with van der Waals surface area (Å²) in [4.78, 5) is 24.0. The summed E-state index contributed by atoms with van der Waals surface area (Å²) < 4.78 is 10.6. The average Bonchev–Trinajstić information content (AvgIpc) is 3.21. The van der Waals surface area contributed by atoms with Crippen LogP contribution in [-0.4, -0.2) is 41.9 Å². The normalized spacial score (nSPS) is 11.9. The van der Waals surface area contributed by atoms with Crippen LogP contribution in [0.25, 0.3) is 21.3 Å². The van der Waals surface area contributed by atoms with E-state index in [4.69, 9.17) is 9.47 Å². The van der Waals surface area contributed by atoms with Crippen LogP contribution in [-0.2, 0) is 11.2 Å². The lowest BCUT2D eigenvalue weighted by molar-refractivity contribution is -0.120. The van der Waals surface area contributed by atoms with E-state index in [2.05, 4.69) is 34.3 Å². The number of methoxy groups -OCH3 is 2. The third kappa shape index (κ3) is 5.18. The molecule has 0 radical (unpaired) electrons. The lowest BCUT2D eigenvalue weighted by Crippen LogP contribution is -2.32. The summed E-state index contributed by atoms with van der Waals surface area (Å²) >= 11 is 3.12. The van der Waals surface area contributed by atoms with Gasteiger partial charge in [-0.2, -0.15) is 0 Å². The molecule has 1 N–H and O–H groups in total. The Morgan fingerprint density at radius 3 is 2.59 bits per heavy atom. The number of amides is 1. The van der Waals surface area contributed by atoms with Crippen molar-refractivity contribution in [3.8, 4) is 22.6 Å². The average molecular weight is 494 g/mol. The Morgan fingerprint density at radius 1 is 1.09 bits per heavy atom. The Morgan fingerprint density at radius 2 is 1.85 bits per heavy atom. The Bertz CT molecular complexity index is 1290. The number of ether oxygens (including phenoxy) is 2. The van der Waals surface area contributed by atoms with Crippen molar-refractivity contribution in [2.75, 3.05) is 20.8 Å². The van der Waals surface area contributed by atoms with E-state index in [1.807, 2.05) is 43.3 Å². The van der Waals surface area contributed by atoms with Gasteiger partial charge in [-0.15, -0.1) is 11.3 Å². The van der Waals surface area contributed by atoms with Gasteiger partial charge in [-0.1, -0.05) is 48.2 Å². The van der Waals surface area contributed by atoms with Gasteiger partial charge in [0.1, 0.15) is 16.2 Å². The van der Waals surface area contributed by atoms with Crippen LogP contribution in [0.15, 0.2) is 59.9 Å². The lowest BCUT2D eigenvalue weighted by Gasteiger charge is -2.13. The summed E-state index contributed by atoms with van der Waals surface area (Å²) in [5.41, 5.74) is 3.34. The third-order valence-corrected chi connectivity index (χ3v) is 7.62. The van der Waals surface area contributed by atoms with Gasteiger partial charge in [0, 0.05) is 17.0 Å². The molecule has 2 heterocycles. The molecule has 4 aromatic rings. The highest BCUT2D eigenvalue weighted by atomic mass is 32.2. The number of thiophene rings is 1. The number of aromatic nitrogens is 2. The molecule has 0 saturated heterocycles. The standard InChI is InChI=1S/C26H27N3O3S2/c1-16-22(19-8-6-5-7-9-19)23-25(33-16)28-15-29-26(23)34-17(2)24(30)27-13-12-18-10-11-20(31-3)21(14-18)32-4/h5-11,14-15,17H,12-13H2,1-4H3,(H,27,30). The molecule has 0 aliphatic carbocycles. The molecule has 0 aliphatic heterocycles. The number of thioether (sulfide) groups is 1. The summed E-state index contributed by atoms with van der Waals surface area (Å²) in [7, 11) is 3.23. The summed E-state index contributed by atoms with van der Waals surface area (Å²) in [6.45, 7) is 4.55. The van der Waals surface area contributed by atoms with Crippen molar-refractivity contribution in [3.63, 3.8) is 0 Å². The molecule has 1 atom stereocenters. The van der Waals surface area contributed by atoms with Crippen LogP contribution >= 0.6 is 23.1 Å². The minimum Gasteiger partial charge on any atom is -0.493 e. The second kappa shape index (κ2) is 10.9. The summed E-state index contributed by atoms with van der Waals surface area (Å²) in [6.07, 6.45) is 2.28. The first-order valence-electron chi connectivity index (χ1n) is 11.0. The monoisotopic (exact) mass is 493 g/mol. The second-order valence-corrected chi connectivity index (χ2v) is 10.3. The van der Waals surface area contributed by atoms with Crippen molar-refractivity contribution in [2.24, 2.45) is 0 Å². The first-order chi connectivity index (χ1) is 16.5. The number of hydrogen-bond acceptors (Lipinski definition) is 7.